The number of benzene rings is 1. The molecule has 33 heavy (non-hydrogen) atoms. The lowest BCUT2D eigenvalue weighted by atomic mass is 10.1. The molecule has 0 bridgehead atoms. The van der Waals surface area contributed by atoms with Crippen molar-refractivity contribution in [1.29, 1.82) is 0 Å². The van der Waals surface area contributed by atoms with Gasteiger partial charge in [-0.05, 0) is 40.4 Å². The van der Waals surface area contributed by atoms with Gasteiger partial charge in [-0.2, -0.15) is 0 Å². The van der Waals surface area contributed by atoms with Gasteiger partial charge in [-0.25, -0.2) is 4.98 Å². The fourth-order valence-corrected chi connectivity index (χ4v) is 4.63. The van der Waals surface area contributed by atoms with Gasteiger partial charge in [-0.3, -0.25) is 14.0 Å². The first-order chi connectivity index (χ1) is 15.9. The van der Waals surface area contributed by atoms with Crippen molar-refractivity contribution in [3.8, 4) is 0 Å². The second-order valence-electron chi connectivity index (χ2n) is 7.62. The Hall–Kier alpha value is -2.82. The molecule has 0 radical (unpaired) electrons. The number of carbonyl (C=O) groups excluding carboxylic acids is 1. The van der Waals surface area contributed by atoms with Gasteiger partial charge in [-0.15, -0.1) is 0 Å². The molecule has 1 aromatic carbocycles. The lowest BCUT2D eigenvalue weighted by molar-refractivity contribution is -0.110. The number of aromatic nitrogens is 2. The van der Waals surface area contributed by atoms with Crippen LogP contribution in [0.2, 0.25) is 0 Å². The van der Waals surface area contributed by atoms with Crippen molar-refractivity contribution in [2.24, 2.45) is 5.16 Å². The summed E-state index contributed by atoms with van der Waals surface area (Å²) in [5.74, 6) is 4.15. The SMILES string of the molecule is C=S(=O)(CCCOC)c1ccc(/C(=N\O[C@@H]2CCOC2)C(=O)Nc2cncc(CC)n2)cc1. The van der Waals surface area contributed by atoms with E-state index in [4.69, 9.17) is 14.3 Å². The molecule has 1 aliphatic heterocycles. The molecule has 0 saturated carbocycles. The van der Waals surface area contributed by atoms with Crippen molar-refractivity contribution >= 4 is 32.8 Å². The maximum atomic E-state index is 13.1. The number of amides is 1. The summed E-state index contributed by atoms with van der Waals surface area (Å²) in [7, 11) is -0.857. The summed E-state index contributed by atoms with van der Waals surface area (Å²) in [6.45, 7) is 3.49. The normalized spacial score (nSPS) is 18.0. The zero-order valence-electron chi connectivity index (χ0n) is 19.0. The number of nitrogens with one attached hydrogen (secondary N) is 1. The average Bonchev–Trinajstić information content (AvgIpc) is 3.33. The van der Waals surface area contributed by atoms with Gasteiger partial charge in [-0.1, -0.05) is 24.2 Å². The highest BCUT2D eigenvalue weighted by molar-refractivity contribution is 8.00. The summed E-state index contributed by atoms with van der Waals surface area (Å²) in [5.41, 5.74) is 1.35. The lowest BCUT2D eigenvalue weighted by Crippen LogP contribution is -2.26. The van der Waals surface area contributed by atoms with Crippen molar-refractivity contribution in [2.45, 2.75) is 37.2 Å². The molecule has 1 aromatic heterocycles. The van der Waals surface area contributed by atoms with Gasteiger partial charge < -0.3 is 19.6 Å². The van der Waals surface area contributed by atoms with Crippen LogP contribution in [0.3, 0.4) is 0 Å². The summed E-state index contributed by atoms with van der Waals surface area (Å²) in [4.78, 5) is 27.7. The predicted molar refractivity (Wildman–Crippen MR) is 128 cm³/mol. The Bertz CT molecular complexity index is 1060. The fraction of sp³-hybridized carbons (Fsp3) is 0.435. The molecule has 1 N–H and O–H groups in total. The van der Waals surface area contributed by atoms with Gasteiger partial charge in [0.1, 0.15) is 0 Å². The lowest BCUT2D eigenvalue weighted by Gasteiger charge is -2.12. The van der Waals surface area contributed by atoms with E-state index in [0.717, 1.165) is 5.69 Å². The largest absolute Gasteiger partial charge is 0.389 e. The van der Waals surface area contributed by atoms with Crippen LogP contribution in [0.25, 0.3) is 0 Å². The van der Waals surface area contributed by atoms with E-state index in [2.05, 4.69) is 26.3 Å². The smallest absolute Gasteiger partial charge is 0.279 e. The Balaban J connectivity index is 1.82. The van der Waals surface area contributed by atoms with E-state index >= 15 is 0 Å². The quantitative estimate of drug-likeness (QED) is 0.230. The molecule has 1 aliphatic rings. The van der Waals surface area contributed by atoms with Gasteiger partial charge in [0.15, 0.2) is 17.6 Å². The Labute approximate surface area is 194 Å². The van der Waals surface area contributed by atoms with Crippen LogP contribution in [-0.4, -0.2) is 70.5 Å². The Morgan fingerprint density at radius 3 is 2.79 bits per heavy atom. The molecule has 2 heterocycles. The number of hydrogen-bond acceptors (Lipinski definition) is 8. The molecule has 1 saturated heterocycles. The molecule has 1 fully saturated rings. The van der Waals surface area contributed by atoms with Gasteiger partial charge in [0.2, 0.25) is 0 Å². The van der Waals surface area contributed by atoms with Crippen LogP contribution in [0, 0.1) is 0 Å². The van der Waals surface area contributed by atoms with E-state index in [1.807, 2.05) is 6.92 Å². The highest BCUT2D eigenvalue weighted by Gasteiger charge is 2.21. The molecule has 10 heteroatoms. The van der Waals surface area contributed by atoms with Crippen molar-refractivity contribution in [3.05, 3.63) is 47.9 Å². The summed E-state index contributed by atoms with van der Waals surface area (Å²) >= 11 is 0. The zero-order chi connectivity index (χ0) is 23.7. The van der Waals surface area contributed by atoms with Gasteiger partial charge in [0, 0.05) is 42.5 Å². The van der Waals surface area contributed by atoms with Crippen molar-refractivity contribution in [3.63, 3.8) is 0 Å². The minimum Gasteiger partial charge on any atom is -0.389 e. The van der Waals surface area contributed by atoms with E-state index < -0.39 is 15.4 Å². The number of carbonyl (C=O) groups is 1. The monoisotopic (exact) mass is 474 g/mol. The molecule has 0 aliphatic carbocycles. The van der Waals surface area contributed by atoms with E-state index in [1.165, 1.54) is 6.20 Å². The molecule has 2 atom stereocenters. The van der Waals surface area contributed by atoms with Gasteiger partial charge in [0.05, 0.1) is 25.1 Å². The molecule has 2 aromatic rings. The van der Waals surface area contributed by atoms with E-state index in [-0.39, 0.29) is 11.8 Å². The highest BCUT2D eigenvalue weighted by atomic mass is 32.2. The molecular weight excluding hydrogens is 444 g/mol. The van der Waals surface area contributed by atoms with E-state index in [1.54, 1.807) is 37.6 Å². The maximum absolute atomic E-state index is 13.1. The third-order valence-electron chi connectivity index (χ3n) is 5.06. The van der Waals surface area contributed by atoms with Crippen molar-refractivity contribution < 1.29 is 23.3 Å². The number of rotatable bonds is 11. The summed E-state index contributed by atoms with van der Waals surface area (Å²) < 4.78 is 23.3. The molecule has 178 valence electrons. The topological polar surface area (TPSA) is 112 Å². The van der Waals surface area contributed by atoms with Gasteiger partial charge in [0.25, 0.3) is 5.91 Å². The first-order valence-electron chi connectivity index (χ1n) is 10.8. The second kappa shape index (κ2) is 11.9. The van der Waals surface area contributed by atoms with Gasteiger partial charge >= 0.3 is 0 Å². The number of nitrogens with zero attached hydrogens (tertiary/aromatic N) is 3. The maximum Gasteiger partial charge on any atom is 0.279 e. The minimum atomic E-state index is -2.46. The third kappa shape index (κ3) is 7.08. The number of methoxy groups -OCH3 is 1. The second-order valence-corrected chi connectivity index (χ2v) is 10.1. The number of ether oxygens (including phenoxy) is 2. The van der Waals surface area contributed by atoms with Crippen molar-refractivity contribution in [1.82, 2.24) is 9.97 Å². The summed E-state index contributed by atoms with van der Waals surface area (Å²) in [6.07, 6.45) is 4.95. The van der Waals surface area contributed by atoms with Crippen LogP contribution >= 0.6 is 0 Å². The Morgan fingerprint density at radius 2 is 2.12 bits per heavy atom. The highest BCUT2D eigenvalue weighted by Crippen LogP contribution is 2.16. The number of aryl methyl sites for hydroxylation is 1. The predicted octanol–water partition coefficient (Wildman–Crippen LogP) is 2.30. The first-order valence-corrected chi connectivity index (χ1v) is 12.7. The summed E-state index contributed by atoms with van der Waals surface area (Å²) in [6, 6.07) is 6.79. The zero-order valence-corrected chi connectivity index (χ0v) is 19.8. The molecular formula is C23H30N4O5S. The van der Waals surface area contributed by atoms with Crippen LogP contribution in [-0.2, 0) is 35.0 Å². The fourth-order valence-electron chi connectivity index (χ4n) is 3.18. The van der Waals surface area contributed by atoms with Crippen LogP contribution in [0.5, 0.6) is 0 Å². The van der Waals surface area contributed by atoms with Crippen LogP contribution in [0.4, 0.5) is 5.82 Å². The molecule has 1 amide bonds. The minimum absolute atomic E-state index is 0.0760. The Kier molecular flexibility index (Phi) is 8.93. The standard InChI is InChI=1S/C23H30N4O5S/c1-4-18-14-24-15-21(25-18)26-23(28)22(27-32-19-10-12-31-16-19)17-6-8-20(9-7-17)33(3,29)13-5-11-30-2/h6-9,14-15,19H,3-5,10-13,16H2,1-2H3,(H,25,26,28)/b27-22+/t19-,33?/m1/s1. The number of oxime groups is 1. The van der Waals surface area contributed by atoms with E-state index in [9.17, 15) is 9.00 Å². The van der Waals surface area contributed by atoms with E-state index in [0.29, 0.717) is 61.1 Å². The molecule has 3 rings (SSSR count). The first kappa shape index (κ1) is 24.8. The Morgan fingerprint density at radius 1 is 1.33 bits per heavy atom. The van der Waals surface area contributed by atoms with Crippen LogP contribution in [0.15, 0.2) is 46.7 Å². The average molecular weight is 475 g/mol. The molecule has 9 nitrogen and oxygen atoms in total. The number of anilines is 1. The van der Waals surface area contributed by atoms with Crippen molar-refractivity contribution in [2.75, 3.05) is 38.0 Å². The van der Waals surface area contributed by atoms with Crippen LogP contribution < -0.4 is 5.32 Å². The third-order valence-corrected chi connectivity index (χ3v) is 7.14. The molecule has 0 spiro atoms. The molecule has 1 unspecified atom stereocenters. The van der Waals surface area contributed by atoms with Crippen LogP contribution in [0.1, 0.15) is 31.0 Å². The number of hydrogen-bond donors (Lipinski definition) is 1. The summed E-state index contributed by atoms with van der Waals surface area (Å²) in [5, 5.41) is 6.87.